The van der Waals surface area contributed by atoms with E-state index in [0.29, 0.717) is 5.69 Å². The first kappa shape index (κ1) is 13.6. The van der Waals surface area contributed by atoms with E-state index in [-0.39, 0.29) is 17.6 Å². The predicted octanol–water partition coefficient (Wildman–Crippen LogP) is 2.17. The number of aromatic nitrogens is 2. The van der Waals surface area contributed by atoms with Crippen molar-refractivity contribution in [3.63, 3.8) is 0 Å². The van der Waals surface area contributed by atoms with E-state index >= 15 is 0 Å². The van der Waals surface area contributed by atoms with Gasteiger partial charge in [0.05, 0.1) is 12.2 Å². The molecule has 3 heterocycles. The summed E-state index contributed by atoms with van der Waals surface area (Å²) >= 11 is 0. The first-order chi connectivity index (χ1) is 9.51. The van der Waals surface area contributed by atoms with Crippen molar-refractivity contribution in [2.24, 2.45) is 0 Å². The van der Waals surface area contributed by atoms with Crippen LogP contribution in [0.3, 0.4) is 0 Å². The van der Waals surface area contributed by atoms with Crippen LogP contribution in [0.25, 0.3) is 0 Å². The number of likely N-dealkylation sites (tertiary alicyclic amines) is 1. The van der Waals surface area contributed by atoms with Crippen LogP contribution in [0.1, 0.15) is 55.3 Å². The van der Waals surface area contributed by atoms with Gasteiger partial charge in [-0.05, 0) is 46.1 Å². The third-order valence-electron chi connectivity index (χ3n) is 4.56. The van der Waals surface area contributed by atoms with Gasteiger partial charge in [-0.2, -0.15) is 5.10 Å². The summed E-state index contributed by atoms with van der Waals surface area (Å²) in [5.74, 6) is 0.0571. The van der Waals surface area contributed by atoms with Crippen molar-refractivity contribution in [3.8, 4) is 0 Å². The van der Waals surface area contributed by atoms with Gasteiger partial charge in [-0.3, -0.25) is 9.48 Å². The molecule has 2 aliphatic rings. The van der Waals surface area contributed by atoms with Crippen LogP contribution in [-0.4, -0.2) is 45.9 Å². The van der Waals surface area contributed by atoms with Crippen molar-refractivity contribution in [2.45, 2.75) is 51.7 Å². The zero-order valence-corrected chi connectivity index (χ0v) is 12.6. The maximum Gasteiger partial charge on any atom is 0.274 e. The summed E-state index contributed by atoms with van der Waals surface area (Å²) in [7, 11) is 0. The lowest BCUT2D eigenvalue weighted by Crippen LogP contribution is -2.53. The number of amides is 1. The van der Waals surface area contributed by atoms with Crippen LogP contribution in [-0.2, 0) is 4.74 Å². The van der Waals surface area contributed by atoms with Crippen molar-refractivity contribution in [1.82, 2.24) is 14.7 Å². The molecule has 2 aliphatic heterocycles. The van der Waals surface area contributed by atoms with Crippen molar-refractivity contribution >= 4 is 5.91 Å². The Morgan fingerprint density at radius 2 is 2.00 bits per heavy atom. The van der Waals surface area contributed by atoms with Crippen molar-refractivity contribution in [2.75, 3.05) is 19.7 Å². The third-order valence-corrected chi connectivity index (χ3v) is 4.56. The average Bonchev–Trinajstić information content (AvgIpc) is 2.78. The molecule has 0 aromatic carbocycles. The molecule has 0 N–H and O–H groups in total. The number of carbonyl (C=O) groups is 1. The minimum atomic E-state index is 0.0571. The topological polar surface area (TPSA) is 47.4 Å². The second kappa shape index (κ2) is 4.88. The molecule has 20 heavy (non-hydrogen) atoms. The fourth-order valence-corrected chi connectivity index (χ4v) is 3.18. The molecule has 0 bridgehead atoms. The molecule has 3 rings (SSSR count). The molecule has 5 heteroatoms. The van der Waals surface area contributed by atoms with E-state index in [1.54, 1.807) is 0 Å². The van der Waals surface area contributed by atoms with Gasteiger partial charge in [-0.1, -0.05) is 0 Å². The molecule has 0 unspecified atom stereocenters. The molecule has 0 atom stereocenters. The number of ether oxygens (including phenoxy) is 1. The number of hydrogen-bond donors (Lipinski definition) is 0. The minimum Gasteiger partial charge on any atom is -0.375 e. The largest absolute Gasteiger partial charge is 0.375 e. The van der Waals surface area contributed by atoms with E-state index in [0.717, 1.165) is 44.7 Å². The Morgan fingerprint density at radius 1 is 1.35 bits per heavy atom. The lowest BCUT2D eigenvalue weighted by atomic mass is 9.84. The molecule has 5 nitrogen and oxygen atoms in total. The monoisotopic (exact) mass is 277 g/mol. The number of hydrogen-bond acceptors (Lipinski definition) is 3. The van der Waals surface area contributed by atoms with Crippen molar-refractivity contribution < 1.29 is 9.53 Å². The number of rotatable bonds is 2. The average molecular weight is 277 g/mol. The summed E-state index contributed by atoms with van der Waals surface area (Å²) < 4.78 is 7.60. The van der Waals surface area contributed by atoms with E-state index in [9.17, 15) is 4.79 Å². The van der Waals surface area contributed by atoms with Gasteiger partial charge in [0, 0.05) is 24.8 Å². The van der Waals surface area contributed by atoms with Crippen LogP contribution < -0.4 is 0 Å². The number of piperidine rings is 1. The summed E-state index contributed by atoms with van der Waals surface area (Å²) in [5.41, 5.74) is 1.70. The number of aryl methyl sites for hydroxylation is 1. The Hall–Kier alpha value is -1.36. The molecule has 0 radical (unpaired) electrons. The van der Waals surface area contributed by atoms with Gasteiger partial charge >= 0.3 is 0 Å². The van der Waals surface area contributed by atoms with Crippen LogP contribution in [0.5, 0.6) is 0 Å². The van der Waals surface area contributed by atoms with Crippen molar-refractivity contribution in [3.05, 3.63) is 17.5 Å². The van der Waals surface area contributed by atoms with E-state index < -0.39 is 0 Å². The summed E-state index contributed by atoms with van der Waals surface area (Å²) in [6.45, 7) is 8.60. The normalized spacial score (nSPS) is 21.3. The lowest BCUT2D eigenvalue weighted by Gasteiger charge is -2.47. The summed E-state index contributed by atoms with van der Waals surface area (Å²) in [6.07, 6.45) is 3.07. The Balaban J connectivity index is 1.68. The highest BCUT2D eigenvalue weighted by molar-refractivity contribution is 5.92. The second-order valence-corrected chi connectivity index (χ2v) is 6.28. The second-order valence-electron chi connectivity index (χ2n) is 6.28. The fourth-order valence-electron chi connectivity index (χ4n) is 3.18. The molecular weight excluding hydrogens is 254 g/mol. The van der Waals surface area contributed by atoms with E-state index in [1.807, 2.05) is 22.6 Å². The van der Waals surface area contributed by atoms with Gasteiger partial charge < -0.3 is 9.64 Å². The summed E-state index contributed by atoms with van der Waals surface area (Å²) in [4.78, 5) is 14.4. The highest BCUT2D eigenvalue weighted by Gasteiger charge is 2.42. The maximum atomic E-state index is 12.5. The Bertz CT molecular complexity index is 507. The van der Waals surface area contributed by atoms with Gasteiger partial charge in [0.2, 0.25) is 0 Å². The maximum absolute atomic E-state index is 12.5. The van der Waals surface area contributed by atoms with Gasteiger partial charge in [0.1, 0.15) is 0 Å². The molecule has 2 fully saturated rings. The SMILES string of the molecule is Cc1cc(C(=O)N2CCC3(CCO3)CC2)nn1C(C)C. The van der Waals surface area contributed by atoms with Gasteiger partial charge in [-0.15, -0.1) is 0 Å². The summed E-state index contributed by atoms with van der Waals surface area (Å²) in [6, 6.07) is 2.18. The first-order valence-corrected chi connectivity index (χ1v) is 7.50. The molecule has 1 amide bonds. The molecule has 1 aromatic heterocycles. The zero-order chi connectivity index (χ0) is 14.3. The van der Waals surface area contributed by atoms with Gasteiger partial charge in [0.15, 0.2) is 5.69 Å². The van der Waals surface area contributed by atoms with Crippen LogP contribution in [0, 0.1) is 6.92 Å². The Labute approximate surface area is 119 Å². The molecular formula is C15H23N3O2. The highest BCUT2D eigenvalue weighted by Crippen LogP contribution is 2.36. The number of carbonyl (C=O) groups excluding carboxylic acids is 1. The van der Waals surface area contributed by atoms with E-state index in [2.05, 4.69) is 18.9 Å². The minimum absolute atomic E-state index is 0.0571. The lowest BCUT2D eigenvalue weighted by molar-refractivity contribution is -0.169. The van der Waals surface area contributed by atoms with Crippen LogP contribution >= 0.6 is 0 Å². The van der Waals surface area contributed by atoms with E-state index in [4.69, 9.17) is 4.74 Å². The third kappa shape index (κ3) is 2.24. The fraction of sp³-hybridized carbons (Fsp3) is 0.733. The molecule has 2 saturated heterocycles. The quantitative estimate of drug-likeness (QED) is 0.832. The highest BCUT2D eigenvalue weighted by atomic mass is 16.5. The molecule has 0 saturated carbocycles. The summed E-state index contributed by atoms with van der Waals surface area (Å²) in [5, 5.41) is 4.45. The zero-order valence-electron chi connectivity index (χ0n) is 12.6. The standard InChI is InChI=1S/C15H23N3O2/c1-11(2)18-12(3)10-13(16-18)14(19)17-7-4-15(5-8-17)6-9-20-15/h10-11H,4-9H2,1-3H3. The Morgan fingerprint density at radius 3 is 2.45 bits per heavy atom. The molecule has 0 aliphatic carbocycles. The van der Waals surface area contributed by atoms with Gasteiger partial charge in [-0.25, -0.2) is 0 Å². The molecule has 1 aromatic rings. The van der Waals surface area contributed by atoms with Crippen molar-refractivity contribution in [1.29, 1.82) is 0 Å². The molecule has 110 valence electrons. The van der Waals surface area contributed by atoms with Crippen LogP contribution in [0.15, 0.2) is 6.07 Å². The van der Waals surface area contributed by atoms with Gasteiger partial charge in [0.25, 0.3) is 5.91 Å². The molecule has 1 spiro atoms. The van der Waals surface area contributed by atoms with E-state index in [1.165, 1.54) is 0 Å². The van der Waals surface area contributed by atoms with Crippen LogP contribution in [0.4, 0.5) is 0 Å². The smallest absolute Gasteiger partial charge is 0.274 e. The Kier molecular flexibility index (Phi) is 3.32. The number of nitrogens with zero attached hydrogens (tertiary/aromatic N) is 3. The first-order valence-electron chi connectivity index (χ1n) is 7.50. The predicted molar refractivity (Wildman–Crippen MR) is 75.8 cm³/mol. The van der Waals surface area contributed by atoms with Crippen LogP contribution in [0.2, 0.25) is 0 Å².